The Balaban J connectivity index is 1.49. The SMILES string of the molecule is COc1cc(CN2CCC(O)CC2)ccc1OCC(O)CN1CCSCC1. The molecular formula is C20H32N2O4S. The maximum Gasteiger partial charge on any atom is 0.161 e. The first kappa shape index (κ1) is 20.7. The minimum absolute atomic E-state index is 0.151. The third-order valence-electron chi connectivity index (χ3n) is 5.20. The van der Waals surface area contributed by atoms with Crippen molar-refractivity contribution < 1.29 is 19.7 Å². The molecule has 2 saturated heterocycles. The number of methoxy groups -OCH3 is 1. The van der Waals surface area contributed by atoms with Crippen LogP contribution in [0.3, 0.4) is 0 Å². The van der Waals surface area contributed by atoms with Crippen molar-refractivity contribution in [2.75, 3.05) is 57.9 Å². The molecule has 2 fully saturated rings. The van der Waals surface area contributed by atoms with Gasteiger partial charge in [0.1, 0.15) is 12.7 Å². The molecule has 1 aromatic rings. The van der Waals surface area contributed by atoms with Crippen LogP contribution < -0.4 is 9.47 Å². The van der Waals surface area contributed by atoms with Crippen molar-refractivity contribution in [1.82, 2.24) is 9.80 Å². The Kier molecular flexibility index (Phi) is 8.08. The lowest BCUT2D eigenvalue weighted by Gasteiger charge is -2.29. The highest BCUT2D eigenvalue weighted by Gasteiger charge is 2.18. The van der Waals surface area contributed by atoms with E-state index in [1.54, 1.807) is 7.11 Å². The second-order valence-corrected chi connectivity index (χ2v) is 8.60. The molecular weight excluding hydrogens is 364 g/mol. The van der Waals surface area contributed by atoms with E-state index in [1.807, 2.05) is 23.9 Å². The minimum Gasteiger partial charge on any atom is -0.493 e. The number of hydrogen-bond acceptors (Lipinski definition) is 7. The number of likely N-dealkylation sites (tertiary alicyclic amines) is 1. The fourth-order valence-corrected chi connectivity index (χ4v) is 4.56. The number of rotatable bonds is 8. The Morgan fingerprint density at radius 2 is 1.85 bits per heavy atom. The van der Waals surface area contributed by atoms with Crippen LogP contribution in [0.1, 0.15) is 18.4 Å². The van der Waals surface area contributed by atoms with E-state index in [9.17, 15) is 10.2 Å². The van der Waals surface area contributed by atoms with Crippen LogP contribution in [0, 0.1) is 0 Å². The van der Waals surface area contributed by atoms with Crippen LogP contribution >= 0.6 is 11.8 Å². The molecule has 2 aliphatic rings. The molecule has 2 heterocycles. The molecule has 6 nitrogen and oxygen atoms in total. The second-order valence-electron chi connectivity index (χ2n) is 7.37. The van der Waals surface area contributed by atoms with Gasteiger partial charge in [-0.15, -0.1) is 0 Å². The third kappa shape index (κ3) is 6.54. The quantitative estimate of drug-likeness (QED) is 0.689. The summed E-state index contributed by atoms with van der Waals surface area (Å²) in [5.41, 5.74) is 1.17. The zero-order valence-electron chi connectivity index (χ0n) is 16.2. The van der Waals surface area contributed by atoms with Crippen LogP contribution in [0.4, 0.5) is 0 Å². The lowest BCUT2D eigenvalue weighted by molar-refractivity contribution is 0.0703. The van der Waals surface area contributed by atoms with E-state index < -0.39 is 6.10 Å². The predicted octanol–water partition coefficient (Wildman–Crippen LogP) is 1.44. The van der Waals surface area contributed by atoms with Gasteiger partial charge in [0.15, 0.2) is 11.5 Å². The van der Waals surface area contributed by atoms with Crippen molar-refractivity contribution in [1.29, 1.82) is 0 Å². The molecule has 3 rings (SSSR count). The van der Waals surface area contributed by atoms with Gasteiger partial charge in [0.2, 0.25) is 0 Å². The molecule has 1 unspecified atom stereocenters. The Morgan fingerprint density at radius 3 is 2.56 bits per heavy atom. The van der Waals surface area contributed by atoms with E-state index >= 15 is 0 Å². The molecule has 0 aliphatic carbocycles. The number of benzene rings is 1. The Labute approximate surface area is 166 Å². The van der Waals surface area contributed by atoms with E-state index in [-0.39, 0.29) is 12.7 Å². The zero-order valence-corrected chi connectivity index (χ0v) is 17.0. The van der Waals surface area contributed by atoms with Crippen molar-refractivity contribution in [3.05, 3.63) is 23.8 Å². The van der Waals surface area contributed by atoms with Crippen LogP contribution in [0.25, 0.3) is 0 Å². The van der Waals surface area contributed by atoms with Gasteiger partial charge in [0.05, 0.1) is 13.2 Å². The normalized spacial score (nSPS) is 21.1. The lowest BCUT2D eigenvalue weighted by atomic mass is 10.1. The van der Waals surface area contributed by atoms with Crippen molar-refractivity contribution in [3.8, 4) is 11.5 Å². The number of aliphatic hydroxyl groups is 2. The molecule has 1 aromatic carbocycles. The number of β-amino-alcohol motifs (C(OH)–C–C–N with tert-alkyl or cyclic N) is 1. The maximum atomic E-state index is 10.3. The summed E-state index contributed by atoms with van der Waals surface area (Å²) in [5, 5.41) is 19.9. The van der Waals surface area contributed by atoms with E-state index in [1.165, 1.54) is 5.56 Å². The van der Waals surface area contributed by atoms with Gasteiger partial charge in [-0.3, -0.25) is 9.80 Å². The molecule has 0 saturated carbocycles. The molecule has 0 spiro atoms. The first-order chi connectivity index (χ1) is 13.1. The molecule has 1 atom stereocenters. The van der Waals surface area contributed by atoms with Crippen molar-refractivity contribution in [3.63, 3.8) is 0 Å². The van der Waals surface area contributed by atoms with Crippen molar-refractivity contribution in [2.45, 2.75) is 31.6 Å². The minimum atomic E-state index is -0.503. The van der Waals surface area contributed by atoms with Crippen LogP contribution in [-0.2, 0) is 6.54 Å². The highest BCUT2D eigenvalue weighted by atomic mass is 32.2. The molecule has 0 bridgehead atoms. The fraction of sp³-hybridized carbons (Fsp3) is 0.700. The number of thioether (sulfide) groups is 1. The van der Waals surface area contributed by atoms with Gasteiger partial charge in [0.25, 0.3) is 0 Å². The number of hydrogen-bond donors (Lipinski definition) is 2. The fourth-order valence-electron chi connectivity index (χ4n) is 3.59. The number of aliphatic hydroxyl groups excluding tert-OH is 2. The van der Waals surface area contributed by atoms with E-state index in [0.717, 1.165) is 57.1 Å². The van der Waals surface area contributed by atoms with Crippen LogP contribution in [0.15, 0.2) is 18.2 Å². The highest BCUT2D eigenvalue weighted by Crippen LogP contribution is 2.29. The second kappa shape index (κ2) is 10.5. The van der Waals surface area contributed by atoms with Crippen molar-refractivity contribution >= 4 is 11.8 Å². The van der Waals surface area contributed by atoms with Crippen molar-refractivity contribution in [2.24, 2.45) is 0 Å². The molecule has 7 heteroatoms. The van der Waals surface area contributed by atoms with Gasteiger partial charge < -0.3 is 19.7 Å². The van der Waals surface area contributed by atoms with E-state index in [0.29, 0.717) is 18.0 Å². The molecule has 2 aliphatic heterocycles. The number of ether oxygens (including phenoxy) is 2. The summed E-state index contributed by atoms with van der Waals surface area (Å²) >= 11 is 1.97. The molecule has 27 heavy (non-hydrogen) atoms. The van der Waals surface area contributed by atoms with Gasteiger partial charge in [-0.2, -0.15) is 11.8 Å². The summed E-state index contributed by atoms with van der Waals surface area (Å²) in [7, 11) is 1.64. The first-order valence-corrected chi connectivity index (χ1v) is 11.0. The largest absolute Gasteiger partial charge is 0.493 e. The number of nitrogens with zero attached hydrogens (tertiary/aromatic N) is 2. The Morgan fingerprint density at radius 1 is 1.11 bits per heavy atom. The predicted molar refractivity (Wildman–Crippen MR) is 109 cm³/mol. The monoisotopic (exact) mass is 396 g/mol. The summed E-state index contributed by atoms with van der Waals surface area (Å²) in [6.45, 7) is 5.68. The molecule has 0 aromatic heterocycles. The summed E-state index contributed by atoms with van der Waals surface area (Å²) in [4.78, 5) is 4.64. The molecule has 0 radical (unpaired) electrons. The third-order valence-corrected chi connectivity index (χ3v) is 6.14. The van der Waals surface area contributed by atoms with Gasteiger partial charge in [-0.25, -0.2) is 0 Å². The summed E-state index contributed by atoms with van der Waals surface area (Å²) in [6, 6.07) is 5.99. The van der Waals surface area contributed by atoms with Gasteiger partial charge in [-0.05, 0) is 30.5 Å². The lowest BCUT2D eigenvalue weighted by Crippen LogP contribution is -2.40. The van der Waals surface area contributed by atoms with E-state index in [4.69, 9.17) is 9.47 Å². The Hall–Kier alpha value is -0.990. The van der Waals surface area contributed by atoms with Gasteiger partial charge in [0, 0.05) is 50.8 Å². The average Bonchev–Trinajstić information content (AvgIpc) is 2.69. The number of piperidine rings is 1. The first-order valence-electron chi connectivity index (χ1n) is 9.82. The topological polar surface area (TPSA) is 65.4 Å². The maximum absolute atomic E-state index is 10.3. The van der Waals surface area contributed by atoms with Gasteiger partial charge >= 0.3 is 0 Å². The molecule has 2 N–H and O–H groups in total. The molecule has 152 valence electrons. The highest BCUT2D eigenvalue weighted by molar-refractivity contribution is 7.99. The summed E-state index contributed by atoms with van der Waals surface area (Å²) < 4.78 is 11.3. The van der Waals surface area contributed by atoms with Crippen LogP contribution in [-0.4, -0.2) is 90.2 Å². The standard InChI is InChI=1S/C20H32N2O4S/c1-25-20-12-16(13-21-6-4-17(23)5-7-21)2-3-19(20)26-15-18(24)14-22-8-10-27-11-9-22/h2-3,12,17-18,23-24H,4-11,13-15H2,1H3. The van der Waals surface area contributed by atoms with Crippen LogP contribution in [0.5, 0.6) is 11.5 Å². The summed E-state index contributed by atoms with van der Waals surface area (Å²) in [5.74, 6) is 3.65. The average molecular weight is 397 g/mol. The smallest absolute Gasteiger partial charge is 0.161 e. The van der Waals surface area contributed by atoms with Gasteiger partial charge in [-0.1, -0.05) is 6.07 Å². The van der Waals surface area contributed by atoms with E-state index in [2.05, 4.69) is 15.9 Å². The zero-order chi connectivity index (χ0) is 19.1. The summed E-state index contributed by atoms with van der Waals surface area (Å²) in [6.07, 6.45) is 1.02. The molecule has 0 amide bonds. The van der Waals surface area contributed by atoms with Crippen LogP contribution in [0.2, 0.25) is 0 Å². The Bertz CT molecular complexity index is 575.